The Kier molecular flexibility index (Phi) is 4.47. The zero-order valence-corrected chi connectivity index (χ0v) is 13.5. The molecule has 3 rings (SSSR count). The summed E-state index contributed by atoms with van der Waals surface area (Å²) in [5.74, 6) is -1.06. The van der Waals surface area contributed by atoms with E-state index in [9.17, 15) is 9.59 Å². The SMILES string of the molecule is Cc1ccc(/C(=C\c2ccc(C(=O)O)cc2)C(=O)NC2CC2)cc1. The lowest BCUT2D eigenvalue weighted by atomic mass is 10.00. The third-order valence-electron chi connectivity index (χ3n) is 3.99. The molecule has 0 aliphatic heterocycles. The summed E-state index contributed by atoms with van der Waals surface area (Å²) in [5, 5.41) is 12.0. The number of hydrogen-bond donors (Lipinski definition) is 2. The van der Waals surface area contributed by atoms with Crippen molar-refractivity contribution in [3.8, 4) is 0 Å². The van der Waals surface area contributed by atoms with Crippen LogP contribution >= 0.6 is 0 Å². The quantitative estimate of drug-likeness (QED) is 0.654. The number of carbonyl (C=O) groups excluding carboxylic acids is 1. The van der Waals surface area contributed by atoms with E-state index in [1.807, 2.05) is 31.2 Å². The summed E-state index contributed by atoms with van der Waals surface area (Å²) in [6.07, 6.45) is 3.86. The lowest BCUT2D eigenvalue weighted by molar-refractivity contribution is -0.115. The molecular formula is C20H19NO3. The normalized spacial score (nSPS) is 14.3. The van der Waals surface area contributed by atoms with Crippen LogP contribution in [0.4, 0.5) is 0 Å². The maximum absolute atomic E-state index is 12.6. The second kappa shape index (κ2) is 6.71. The fourth-order valence-corrected chi connectivity index (χ4v) is 2.39. The van der Waals surface area contributed by atoms with Gasteiger partial charge in [-0.2, -0.15) is 0 Å². The summed E-state index contributed by atoms with van der Waals surface area (Å²) in [6.45, 7) is 2.00. The molecule has 1 fully saturated rings. The van der Waals surface area contributed by atoms with Gasteiger partial charge in [-0.15, -0.1) is 0 Å². The van der Waals surface area contributed by atoms with Crippen molar-refractivity contribution in [1.29, 1.82) is 0 Å². The van der Waals surface area contributed by atoms with E-state index in [0.29, 0.717) is 5.57 Å². The second-order valence-electron chi connectivity index (χ2n) is 6.10. The van der Waals surface area contributed by atoms with Crippen LogP contribution < -0.4 is 5.32 Å². The van der Waals surface area contributed by atoms with Gasteiger partial charge >= 0.3 is 5.97 Å². The first-order valence-corrected chi connectivity index (χ1v) is 7.96. The van der Waals surface area contributed by atoms with Gasteiger partial charge in [0, 0.05) is 11.6 Å². The fourth-order valence-electron chi connectivity index (χ4n) is 2.39. The van der Waals surface area contributed by atoms with Crippen molar-refractivity contribution >= 4 is 23.5 Å². The van der Waals surface area contributed by atoms with Gasteiger partial charge in [0.15, 0.2) is 0 Å². The van der Waals surface area contributed by atoms with Gasteiger partial charge in [0.05, 0.1) is 5.56 Å². The molecule has 2 N–H and O–H groups in total. The van der Waals surface area contributed by atoms with Crippen LogP contribution in [0.15, 0.2) is 48.5 Å². The zero-order valence-electron chi connectivity index (χ0n) is 13.5. The standard InChI is InChI=1S/C20H19NO3/c1-13-2-6-15(7-3-13)18(19(22)21-17-10-11-17)12-14-4-8-16(9-5-14)20(23)24/h2-9,12,17H,10-11H2,1H3,(H,21,22)(H,23,24)/b18-12+. The van der Waals surface area contributed by atoms with E-state index in [4.69, 9.17) is 5.11 Å². The van der Waals surface area contributed by atoms with Crippen molar-refractivity contribution in [3.63, 3.8) is 0 Å². The van der Waals surface area contributed by atoms with Crippen molar-refractivity contribution in [3.05, 3.63) is 70.8 Å². The highest BCUT2D eigenvalue weighted by molar-refractivity contribution is 6.24. The Labute approximate surface area is 140 Å². The van der Waals surface area contributed by atoms with Crippen LogP contribution in [-0.2, 0) is 4.79 Å². The van der Waals surface area contributed by atoms with E-state index in [0.717, 1.165) is 29.5 Å². The van der Waals surface area contributed by atoms with Gasteiger partial charge in [-0.1, -0.05) is 42.0 Å². The fraction of sp³-hybridized carbons (Fsp3) is 0.200. The molecule has 2 aromatic carbocycles. The van der Waals surface area contributed by atoms with Crippen LogP contribution in [0.5, 0.6) is 0 Å². The van der Waals surface area contributed by atoms with E-state index < -0.39 is 5.97 Å². The first-order chi connectivity index (χ1) is 11.5. The van der Waals surface area contributed by atoms with Crippen LogP contribution in [0, 0.1) is 6.92 Å². The average Bonchev–Trinajstić information content (AvgIpc) is 3.38. The zero-order chi connectivity index (χ0) is 17.1. The molecule has 0 bridgehead atoms. The van der Waals surface area contributed by atoms with Gasteiger partial charge in [0.2, 0.25) is 0 Å². The van der Waals surface area contributed by atoms with E-state index in [2.05, 4.69) is 5.32 Å². The van der Waals surface area contributed by atoms with Crippen molar-refractivity contribution in [2.45, 2.75) is 25.8 Å². The molecule has 0 atom stereocenters. The van der Waals surface area contributed by atoms with Crippen molar-refractivity contribution < 1.29 is 14.7 Å². The number of aryl methyl sites for hydroxylation is 1. The molecular weight excluding hydrogens is 302 g/mol. The molecule has 2 aromatic rings. The Balaban J connectivity index is 1.94. The van der Waals surface area contributed by atoms with E-state index >= 15 is 0 Å². The van der Waals surface area contributed by atoms with E-state index in [1.165, 1.54) is 0 Å². The lowest BCUT2D eigenvalue weighted by Gasteiger charge is -2.09. The Morgan fingerprint density at radius 2 is 1.58 bits per heavy atom. The molecule has 0 unspecified atom stereocenters. The summed E-state index contributed by atoms with van der Waals surface area (Å²) in [7, 11) is 0. The molecule has 0 saturated heterocycles. The van der Waals surface area contributed by atoms with E-state index in [-0.39, 0.29) is 17.5 Å². The molecule has 0 aromatic heterocycles. The summed E-state index contributed by atoms with van der Waals surface area (Å²) in [4.78, 5) is 23.5. The Morgan fingerprint density at radius 3 is 2.12 bits per heavy atom. The first-order valence-electron chi connectivity index (χ1n) is 7.96. The molecule has 0 radical (unpaired) electrons. The number of aromatic carboxylic acids is 1. The maximum Gasteiger partial charge on any atom is 0.335 e. The first kappa shape index (κ1) is 16.0. The maximum atomic E-state index is 12.6. The molecule has 122 valence electrons. The molecule has 1 saturated carbocycles. The summed E-state index contributed by atoms with van der Waals surface area (Å²) in [5.41, 5.74) is 3.59. The lowest BCUT2D eigenvalue weighted by Crippen LogP contribution is -2.26. The number of carbonyl (C=O) groups is 2. The second-order valence-corrected chi connectivity index (χ2v) is 6.10. The van der Waals surface area contributed by atoms with Crippen molar-refractivity contribution in [1.82, 2.24) is 5.32 Å². The van der Waals surface area contributed by atoms with Crippen molar-refractivity contribution in [2.24, 2.45) is 0 Å². The highest BCUT2D eigenvalue weighted by Gasteiger charge is 2.25. The molecule has 4 nitrogen and oxygen atoms in total. The molecule has 1 amide bonds. The number of carboxylic acid groups (broad SMARTS) is 1. The molecule has 24 heavy (non-hydrogen) atoms. The van der Waals surface area contributed by atoms with Crippen molar-refractivity contribution in [2.75, 3.05) is 0 Å². The number of carboxylic acids is 1. The minimum absolute atomic E-state index is 0.0938. The monoisotopic (exact) mass is 321 g/mol. The number of amides is 1. The highest BCUT2D eigenvalue weighted by atomic mass is 16.4. The highest BCUT2D eigenvalue weighted by Crippen LogP contribution is 2.24. The van der Waals surface area contributed by atoms with E-state index in [1.54, 1.807) is 30.3 Å². The van der Waals surface area contributed by atoms with Gasteiger partial charge in [-0.05, 0) is 49.1 Å². The number of hydrogen-bond acceptors (Lipinski definition) is 2. The van der Waals surface area contributed by atoms with Gasteiger partial charge in [-0.3, -0.25) is 4.79 Å². The van der Waals surface area contributed by atoms with Crippen LogP contribution in [0.1, 0.15) is 39.9 Å². The van der Waals surface area contributed by atoms with Crippen LogP contribution in [0.2, 0.25) is 0 Å². The summed E-state index contributed by atoms with van der Waals surface area (Å²) >= 11 is 0. The predicted octanol–water partition coefficient (Wildman–Crippen LogP) is 3.51. The number of nitrogens with one attached hydrogen (secondary N) is 1. The summed E-state index contributed by atoms with van der Waals surface area (Å²) < 4.78 is 0. The summed E-state index contributed by atoms with van der Waals surface area (Å²) in [6, 6.07) is 14.6. The third kappa shape index (κ3) is 3.90. The number of benzene rings is 2. The van der Waals surface area contributed by atoms with Crippen LogP contribution in [-0.4, -0.2) is 23.0 Å². The minimum atomic E-state index is -0.962. The molecule has 4 heteroatoms. The van der Waals surface area contributed by atoms with Gasteiger partial charge in [-0.25, -0.2) is 4.79 Å². The number of rotatable bonds is 5. The Hall–Kier alpha value is -2.88. The Bertz CT molecular complexity index is 785. The Morgan fingerprint density at radius 1 is 1.00 bits per heavy atom. The predicted molar refractivity (Wildman–Crippen MR) is 93.6 cm³/mol. The van der Waals surface area contributed by atoms with Gasteiger partial charge < -0.3 is 10.4 Å². The molecule has 0 spiro atoms. The van der Waals surface area contributed by atoms with Crippen LogP contribution in [0.3, 0.4) is 0 Å². The van der Waals surface area contributed by atoms with Gasteiger partial charge in [0.25, 0.3) is 5.91 Å². The molecule has 1 aliphatic carbocycles. The molecule has 0 heterocycles. The topological polar surface area (TPSA) is 66.4 Å². The largest absolute Gasteiger partial charge is 0.478 e. The molecule has 1 aliphatic rings. The smallest absolute Gasteiger partial charge is 0.335 e. The van der Waals surface area contributed by atoms with Crippen LogP contribution in [0.25, 0.3) is 11.6 Å². The average molecular weight is 321 g/mol. The van der Waals surface area contributed by atoms with Gasteiger partial charge in [0.1, 0.15) is 0 Å². The minimum Gasteiger partial charge on any atom is -0.478 e. The third-order valence-corrected chi connectivity index (χ3v) is 3.99.